The number of ether oxygens (including phenoxy) is 1. The third kappa shape index (κ3) is 3.67. The van der Waals surface area contributed by atoms with Crippen molar-refractivity contribution in [3.63, 3.8) is 0 Å². The molecule has 0 aliphatic heterocycles. The van der Waals surface area contributed by atoms with Crippen LogP contribution < -0.4 is 10.2 Å². The van der Waals surface area contributed by atoms with E-state index in [0.717, 1.165) is 5.56 Å². The van der Waals surface area contributed by atoms with Crippen LogP contribution in [0.1, 0.15) is 11.1 Å². The second-order valence-electron chi connectivity index (χ2n) is 4.00. The highest BCUT2D eigenvalue weighted by Gasteiger charge is 2.11. The SMILES string of the molecule is ONCc1cc(F)c(OCc2ccccc2)c(Cl)c1. The van der Waals surface area contributed by atoms with Crippen molar-refractivity contribution in [1.29, 1.82) is 0 Å². The maximum atomic E-state index is 13.8. The Morgan fingerprint density at radius 3 is 2.53 bits per heavy atom. The third-order valence-corrected chi connectivity index (χ3v) is 2.85. The van der Waals surface area contributed by atoms with E-state index in [9.17, 15) is 4.39 Å². The van der Waals surface area contributed by atoms with Gasteiger partial charge in [-0.05, 0) is 23.3 Å². The minimum absolute atomic E-state index is 0.0206. The predicted molar refractivity (Wildman–Crippen MR) is 70.8 cm³/mol. The van der Waals surface area contributed by atoms with Crippen molar-refractivity contribution in [2.24, 2.45) is 0 Å². The van der Waals surface area contributed by atoms with Crippen LogP contribution in [0.4, 0.5) is 4.39 Å². The van der Waals surface area contributed by atoms with Crippen LogP contribution in [-0.4, -0.2) is 5.21 Å². The molecule has 2 aromatic rings. The van der Waals surface area contributed by atoms with Gasteiger partial charge in [0.05, 0.1) is 5.02 Å². The molecule has 0 radical (unpaired) electrons. The zero-order valence-electron chi connectivity index (χ0n) is 10.1. The summed E-state index contributed by atoms with van der Waals surface area (Å²) in [5.74, 6) is -0.527. The lowest BCUT2D eigenvalue weighted by molar-refractivity contribution is 0.161. The first kappa shape index (κ1) is 13.8. The van der Waals surface area contributed by atoms with Crippen molar-refractivity contribution in [2.45, 2.75) is 13.2 Å². The second-order valence-corrected chi connectivity index (χ2v) is 4.40. The summed E-state index contributed by atoms with van der Waals surface area (Å²) in [5, 5.41) is 8.76. The lowest BCUT2D eigenvalue weighted by atomic mass is 10.2. The Balaban J connectivity index is 2.12. The number of hydroxylamine groups is 1. The van der Waals surface area contributed by atoms with E-state index in [1.165, 1.54) is 6.07 Å². The van der Waals surface area contributed by atoms with Gasteiger partial charge in [0.15, 0.2) is 11.6 Å². The largest absolute Gasteiger partial charge is 0.484 e. The highest BCUT2D eigenvalue weighted by atomic mass is 35.5. The fourth-order valence-electron chi connectivity index (χ4n) is 1.67. The molecule has 2 N–H and O–H groups in total. The van der Waals surface area contributed by atoms with Gasteiger partial charge in [-0.1, -0.05) is 41.9 Å². The summed E-state index contributed by atoms with van der Waals surface area (Å²) in [6.45, 7) is 0.366. The molecule has 100 valence electrons. The van der Waals surface area contributed by atoms with Gasteiger partial charge in [-0.25, -0.2) is 9.87 Å². The molecule has 0 aromatic heterocycles. The van der Waals surface area contributed by atoms with Crippen LogP contribution in [0.15, 0.2) is 42.5 Å². The van der Waals surface area contributed by atoms with Crippen LogP contribution in [0.5, 0.6) is 5.75 Å². The van der Waals surface area contributed by atoms with Crippen LogP contribution in [0.25, 0.3) is 0 Å². The molecule has 0 saturated heterocycles. The smallest absolute Gasteiger partial charge is 0.174 e. The van der Waals surface area contributed by atoms with Gasteiger partial charge in [0.25, 0.3) is 0 Å². The first-order valence-corrected chi connectivity index (χ1v) is 6.10. The third-order valence-electron chi connectivity index (χ3n) is 2.57. The molecule has 0 fully saturated rings. The van der Waals surface area contributed by atoms with Crippen LogP contribution in [-0.2, 0) is 13.2 Å². The number of halogens is 2. The van der Waals surface area contributed by atoms with E-state index < -0.39 is 5.82 Å². The topological polar surface area (TPSA) is 41.5 Å². The van der Waals surface area contributed by atoms with Crippen molar-refractivity contribution in [1.82, 2.24) is 5.48 Å². The first-order valence-electron chi connectivity index (χ1n) is 5.72. The number of nitrogens with one attached hydrogen (secondary N) is 1. The van der Waals surface area contributed by atoms with Crippen LogP contribution >= 0.6 is 11.6 Å². The standard InChI is InChI=1S/C14H13ClFNO2/c15-12-6-11(8-17-18)7-13(16)14(12)19-9-10-4-2-1-3-5-10/h1-7,17-18H,8-9H2. The minimum Gasteiger partial charge on any atom is -0.484 e. The highest BCUT2D eigenvalue weighted by Crippen LogP contribution is 2.30. The van der Waals surface area contributed by atoms with E-state index in [2.05, 4.69) is 0 Å². The van der Waals surface area contributed by atoms with Gasteiger partial charge < -0.3 is 9.94 Å². The summed E-state index contributed by atoms with van der Waals surface area (Å²) in [4.78, 5) is 0. The maximum Gasteiger partial charge on any atom is 0.174 e. The Morgan fingerprint density at radius 2 is 1.89 bits per heavy atom. The molecule has 2 aromatic carbocycles. The molecular formula is C14H13ClFNO2. The number of hydrogen-bond donors (Lipinski definition) is 2. The van der Waals surface area contributed by atoms with E-state index in [1.54, 1.807) is 6.07 Å². The Morgan fingerprint density at radius 1 is 1.16 bits per heavy atom. The molecule has 0 aliphatic carbocycles. The molecule has 0 saturated carbocycles. The monoisotopic (exact) mass is 281 g/mol. The fraction of sp³-hybridized carbons (Fsp3) is 0.143. The summed E-state index contributed by atoms with van der Waals surface area (Å²) >= 11 is 5.96. The zero-order chi connectivity index (χ0) is 13.7. The molecule has 19 heavy (non-hydrogen) atoms. The summed E-state index contributed by atoms with van der Waals surface area (Å²) in [6, 6.07) is 12.3. The van der Waals surface area contributed by atoms with Gasteiger partial charge >= 0.3 is 0 Å². The molecule has 0 aliphatic rings. The molecule has 0 bridgehead atoms. The summed E-state index contributed by atoms with van der Waals surface area (Å²) in [5.41, 5.74) is 3.42. The average Bonchev–Trinajstić information content (AvgIpc) is 2.39. The maximum absolute atomic E-state index is 13.8. The highest BCUT2D eigenvalue weighted by molar-refractivity contribution is 6.32. The quantitative estimate of drug-likeness (QED) is 0.824. The molecule has 5 heteroatoms. The fourth-order valence-corrected chi connectivity index (χ4v) is 1.96. The van der Waals surface area contributed by atoms with E-state index in [-0.39, 0.29) is 23.9 Å². The molecule has 0 unspecified atom stereocenters. The number of hydrogen-bond acceptors (Lipinski definition) is 3. The molecular weight excluding hydrogens is 269 g/mol. The van der Waals surface area contributed by atoms with Crippen molar-refractivity contribution in [2.75, 3.05) is 0 Å². The predicted octanol–water partition coefficient (Wildman–Crippen LogP) is 3.54. The Hall–Kier alpha value is -1.62. The summed E-state index contributed by atoms with van der Waals surface area (Å²) < 4.78 is 19.2. The molecule has 0 spiro atoms. The Bertz CT molecular complexity index is 525. The lowest BCUT2D eigenvalue weighted by Gasteiger charge is -2.11. The van der Waals surface area contributed by atoms with E-state index in [1.807, 2.05) is 35.8 Å². The van der Waals surface area contributed by atoms with Crippen molar-refractivity contribution >= 4 is 11.6 Å². The van der Waals surface area contributed by atoms with Gasteiger partial charge in [-0.3, -0.25) is 0 Å². The van der Waals surface area contributed by atoms with Crippen LogP contribution in [0, 0.1) is 5.82 Å². The average molecular weight is 282 g/mol. The summed E-state index contributed by atoms with van der Waals surface area (Å²) in [6.07, 6.45) is 0. The molecule has 2 rings (SSSR count). The normalized spacial score (nSPS) is 10.5. The van der Waals surface area contributed by atoms with Gasteiger partial charge in [0, 0.05) is 6.54 Å². The molecule has 0 heterocycles. The van der Waals surface area contributed by atoms with E-state index in [4.69, 9.17) is 21.5 Å². The summed E-state index contributed by atoms with van der Waals surface area (Å²) in [7, 11) is 0. The van der Waals surface area contributed by atoms with Gasteiger partial charge in [0.1, 0.15) is 6.61 Å². The van der Waals surface area contributed by atoms with Crippen molar-refractivity contribution < 1.29 is 14.3 Å². The Labute approximate surface area is 115 Å². The van der Waals surface area contributed by atoms with Gasteiger partial charge in [-0.15, -0.1) is 0 Å². The number of rotatable bonds is 5. The van der Waals surface area contributed by atoms with Crippen LogP contribution in [0.3, 0.4) is 0 Å². The molecule has 0 amide bonds. The molecule has 3 nitrogen and oxygen atoms in total. The van der Waals surface area contributed by atoms with E-state index >= 15 is 0 Å². The van der Waals surface area contributed by atoms with Gasteiger partial charge in [0.2, 0.25) is 0 Å². The van der Waals surface area contributed by atoms with E-state index in [0.29, 0.717) is 5.56 Å². The zero-order valence-corrected chi connectivity index (χ0v) is 10.8. The van der Waals surface area contributed by atoms with Crippen molar-refractivity contribution in [3.05, 3.63) is 64.4 Å². The number of benzene rings is 2. The second kappa shape index (κ2) is 6.52. The van der Waals surface area contributed by atoms with Crippen LogP contribution in [0.2, 0.25) is 5.02 Å². The first-order chi connectivity index (χ1) is 9.20. The minimum atomic E-state index is -0.548. The lowest BCUT2D eigenvalue weighted by Crippen LogP contribution is -2.07. The van der Waals surface area contributed by atoms with Crippen molar-refractivity contribution in [3.8, 4) is 5.75 Å². The Kier molecular flexibility index (Phi) is 4.74. The van der Waals surface area contributed by atoms with Gasteiger partial charge in [-0.2, -0.15) is 0 Å². The molecule has 0 atom stereocenters.